The Labute approximate surface area is 122 Å². The van der Waals surface area contributed by atoms with E-state index in [0.29, 0.717) is 6.04 Å². The zero-order chi connectivity index (χ0) is 14.5. The summed E-state index contributed by atoms with van der Waals surface area (Å²) in [5, 5.41) is 8.16. The second-order valence-corrected chi connectivity index (χ2v) is 5.61. The minimum atomic E-state index is 0.559. The number of hydrogen-bond acceptors (Lipinski definition) is 2. The van der Waals surface area contributed by atoms with E-state index in [-0.39, 0.29) is 0 Å². The molecule has 0 bridgehead atoms. The van der Waals surface area contributed by atoms with Crippen LogP contribution in [0.15, 0.2) is 30.3 Å². The third kappa shape index (κ3) is 3.48. The van der Waals surface area contributed by atoms with Crippen molar-refractivity contribution in [2.45, 2.75) is 46.6 Å². The fourth-order valence-electron chi connectivity index (χ4n) is 2.51. The predicted octanol–water partition coefficient (Wildman–Crippen LogP) is 3.42. The molecule has 0 spiro atoms. The Morgan fingerprint density at radius 3 is 2.50 bits per heavy atom. The van der Waals surface area contributed by atoms with Crippen molar-refractivity contribution in [3.63, 3.8) is 0 Å². The zero-order valence-corrected chi connectivity index (χ0v) is 13.0. The monoisotopic (exact) mass is 271 g/mol. The number of nitrogens with zero attached hydrogens (tertiary/aromatic N) is 2. The van der Waals surface area contributed by atoms with E-state index >= 15 is 0 Å². The van der Waals surface area contributed by atoms with Gasteiger partial charge >= 0.3 is 0 Å². The lowest BCUT2D eigenvalue weighted by molar-refractivity contribution is 0.570. The van der Waals surface area contributed by atoms with E-state index in [1.807, 2.05) is 6.07 Å². The lowest BCUT2D eigenvalue weighted by Crippen LogP contribution is -2.24. The molecule has 0 fully saturated rings. The van der Waals surface area contributed by atoms with Crippen molar-refractivity contribution in [1.82, 2.24) is 15.1 Å². The molecule has 2 rings (SSSR count). The fraction of sp³-hybridized carbons (Fsp3) is 0.471. The van der Waals surface area contributed by atoms with E-state index in [4.69, 9.17) is 5.10 Å². The lowest BCUT2D eigenvalue weighted by Gasteiger charge is -2.08. The van der Waals surface area contributed by atoms with Gasteiger partial charge in [-0.15, -0.1) is 0 Å². The molecule has 1 aromatic heterocycles. The summed E-state index contributed by atoms with van der Waals surface area (Å²) in [6.07, 6.45) is 2.24. The van der Waals surface area contributed by atoms with E-state index in [0.717, 1.165) is 30.8 Å². The number of benzene rings is 1. The standard InChI is InChI=1S/C17H25N3/c1-13(2)18-12-8-11-17-14(3)19-20(15(17)4)16-9-6-5-7-10-16/h5-7,9-10,13,18H,8,11-12H2,1-4H3. The van der Waals surface area contributed by atoms with Gasteiger partial charge in [-0.3, -0.25) is 0 Å². The van der Waals surface area contributed by atoms with Gasteiger partial charge in [-0.2, -0.15) is 5.10 Å². The number of nitrogens with one attached hydrogen (secondary N) is 1. The Morgan fingerprint density at radius 2 is 1.85 bits per heavy atom. The molecule has 1 aromatic carbocycles. The van der Waals surface area contributed by atoms with E-state index in [9.17, 15) is 0 Å². The van der Waals surface area contributed by atoms with Gasteiger partial charge in [0.05, 0.1) is 11.4 Å². The van der Waals surface area contributed by atoms with Crippen LogP contribution in [0.25, 0.3) is 5.69 Å². The maximum atomic E-state index is 4.69. The number of rotatable bonds is 6. The summed E-state index contributed by atoms with van der Waals surface area (Å²) in [5.74, 6) is 0. The van der Waals surface area contributed by atoms with Gasteiger partial charge in [-0.05, 0) is 50.9 Å². The van der Waals surface area contributed by atoms with E-state index in [1.165, 1.54) is 11.3 Å². The number of aryl methyl sites for hydroxylation is 1. The molecule has 108 valence electrons. The maximum absolute atomic E-state index is 4.69. The molecular formula is C17H25N3. The minimum Gasteiger partial charge on any atom is -0.315 e. The van der Waals surface area contributed by atoms with Crippen LogP contribution in [-0.4, -0.2) is 22.4 Å². The molecule has 0 radical (unpaired) electrons. The molecule has 0 aliphatic carbocycles. The van der Waals surface area contributed by atoms with Crippen LogP contribution in [0.3, 0.4) is 0 Å². The molecule has 1 N–H and O–H groups in total. The van der Waals surface area contributed by atoms with Crippen molar-refractivity contribution < 1.29 is 0 Å². The summed E-state index contributed by atoms with van der Waals surface area (Å²) >= 11 is 0. The summed E-state index contributed by atoms with van der Waals surface area (Å²) < 4.78 is 2.06. The Kier molecular flexibility index (Phi) is 4.96. The van der Waals surface area contributed by atoms with Crippen LogP contribution in [0, 0.1) is 13.8 Å². The van der Waals surface area contributed by atoms with E-state index in [2.05, 4.69) is 62.0 Å². The van der Waals surface area contributed by atoms with Crippen LogP contribution in [0.5, 0.6) is 0 Å². The van der Waals surface area contributed by atoms with Crippen LogP contribution < -0.4 is 5.32 Å². The van der Waals surface area contributed by atoms with Crippen LogP contribution in [-0.2, 0) is 6.42 Å². The fourth-order valence-corrected chi connectivity index (χ4v) is 2.51. The van der Waals surface area contributed by atoms with Crippen molar-refractivity contribution >= 4 is 0 Å². The molecule has 2 aromatic rings. The molecule has 0 unspecified atom stereocenters. The van der Waals surface area contributed by atoms with Gasteiger partial charge in [0, 0.05) is 11.7 Å². The average Bonchev–Trinajstić information content (AvgIpc) is 2.71. The topological polar surface area (TPSA) is 29.9 Å². The Bertz CT molecular complexity index is 541. The highest BCUT2D eigenvalue weighted by Crippen LogP contribution is 2.19. The molecule has 0 amide bonds. The smallest absolute Gasteiger partial charge is 0.0648 e. The third-order valence-corrected chi connectivity index (χ3v) is 3.60. The quantitative estimate of drug-likeness (QED) is 0.816. The summed E-state index contributed by atoms with van der Waals surface area (Å²) in [5.41, 5.74) is 4.94. The molecule has 0 saturated carbocycles. The third-order valence-electron chi connectivity index (χ3n) is 3.60. The lowest BCUT2D eigenvalue weighted by atomic mass is 10.1. The minimum absolute atomic E-state index is 0.559. The summed E-state index contributed by atoms with van der Waals surface area (Å²) in [6, 6.07) is 10.9. The van der Waals surface area contributed by atoms with E-state index in [1.54, 1.807) is 0 Å². The summed E-state index contributed by atoms with van der Waals surface area (Å²) in [7, 11) is 0. The molecular weight excluding hydrogens is 246 g/mol. The largest absolute Gasteiger partial charge is 0.315 e. The second kappa shape index (κ2) is 6.71. The van der Waals surface area contributed by atoms with Gasteiger partial charge in [0.2, 0.25) is 0 Å². The van der Waals surface area contributed by atoms with Gasteiger partial charge in [0.1, 0.15) is 0 Å². The molecule has 3 nitrogen and oxygen atoms in total. The van der Waals surface area contributed by atoms with Crippen molar-refractivity contribution in [3.8, 4) is 5.69 Å². The van der Waals surface area contributed by atoms with Gasteiger partial charge in [0.15, 0.2) is 0 Å². The molecule has 0 atom stereocenters. The number of hydrogen-bond donors (Lipinski definition) is 1. The highest BCUT2D eigenvalue weighted by molar-refractivity contribution is 5.36. The van der Waals surface area contributed by atoms with Crippen molar-refractivity contribution in [2.24, 2.45) is 0 Å². The van der Waals surface area contributed by atoms with Gasteiger partial charge in [0.25, 0.3) is 0 Å². The molecule has 0 aliphatic heterocycles. The first-order chi connectivity index (χ1) is 9.59. The average molecular weight is 271 g/mol. The maximum Gasteiger partial charge on any atom is 0.0648 e. The Morgan fingerprint density at radius 1 is 1.15 bits per heavy atom. The molecule has 1 heterocycles. The summed E-state index contributed by atoms with van der Waals surface area (Å²) in [6.45, 7) is 9.71. The van der Waals surface area contributed by atoms with Crippen LogP contribution in [0.2, 0.25) is 0 Å². The van der Waals surface area contributed by atoms with Gasteiger partial charge < -0.3 is 5.32 Å². The van der Waals surface area contributed by atoms with Crippen LogP contribution >= 0.6 is 0 Å². The van der Waals surface area contributed by atoms with Crippen LogP contribution in [0.4, 0.5) is 0 Å². The molecule has 3 heteroatoms. The first-order valence-corrected chi connectivity index (χ1v) is 7.43. The van der Waals surface area contributed by atoms with Gasteiger partial charge in [-0.25, -0.2) is 4.68 Å². The molecule has 0 aliphatic rings. The van der Waals surface area contributed by atoms with Gasteiger partial charge in [-0.1, -0.05) is 32.0 Å². The zero-order valence-electron chi connectivity index (χ0n) is 13.0. The Hall–Kier alpha value is -1.61. The van der Waals surface area contributed by atoms with E-state index < -0.39 is 0 Å². The van der Waals surface area contributed by atoms with Crippen molar-refractivity contribution in [3.05, 3.63) is 47.3 Å². The normalized spacial score (nSPS) is 11.2. The second-order valence-electron chi connectivity index (χ2n) is 5.61. The highest BCUT2D eigenvalue weighted by Gasteiger charge is 2.12. The SMILES string of the molecule is Cc1nn(-c2ccccc2)c(C)c1CCCNC(C)C. The van der Waals surface area contributed by atoms with Crippen molar-refractivity contribution in [1.29, 1.82) is 0 Å². The first kappa shape index (κ1) is 14.8. The molecule has 0 saturated heterocycles. The Balaban J connectivity index is 2.09. The number of para-hydroxylation sites is 1. The highest BCUT2D eigenvalue weighted by atomic mass is 15.3. The molecule has 20 heavy (non-hydrogen) atoms. The first-order valence-electron chi connectivity index (χ1n) is 7.43. The van der Waals surface area contributed by atoms with Crippen LogP contribution in [0.1, 0.15) is 37.2 Å². The predicted molar refractivity (Wildman–Crippen MR) is 84.5 cm³/mol. The summed E-state index contributed by atoms with van der Waals surface area (Å²) in [4.78, 5) is 0. The van der Waals surface area contributed by atoms with Crippen molar-refractivity contribution in [2.75, 3.05) is 6.54 Å². The number of aromatic nitrogens is 2.